The lowest BCUT2D eigenvalue weighted by atomic mass is 9.44. The van der Waals surface area contributed by atoms with Crippen LogP contribution >= 0.6 is 0 Å². The van der Waals surface area contributed by atoms with Gasteiger partial charge in [0, 0.05) is 0 Å². The van der Waals surface area contributed by atoms with E-state index in [0.717, 1.165) is 47.5 Å². The van der Waals surface area contributed by atoms with Gasteiger partial charge in [0.25, 0.3) is 10.1 Å². The van der Waals surface area contributed by atoms with E-state index in [4.69, 9.17) is 4.18 Å². The Labute approximate surface area is 234 Å². The summed E-state index contributed by atoms with van der Waals surface area (Å²) >= 11 is 0. The van der Waals surface area contributed by atoms with Gasteiger partial charge < -0.3 is 0 Å². The summed E-state index contributed by atoms with van der Waals surface area (Å²) in [4.78, 5) is 0. The molecule has 0 radical (unpaired) electrons. The molecule has 5 rings (SSSR count). The van der Waals surface area contributed by atoms with Gasteiger partial charge in [-0.3, -0.25) is 4.18 Å². The second kappa shape index (κ2) is 11.6. The number of hydrogen-bond acceptors (Lipinski definition) is 3. The van der Waals surface area contributed by atoms with E-state index in [1.165, 1.54) is 77.0 Å². The summed E-state index contributed by atoms with van der Waals surface area (Å²) in [6.45, 7) is 10.3. The summed E-state index contributed by atoms with van der Waals surface area (Å²) in [7, 11) is -3.53. The summed E-state index contributed by atoms with van der Waals surface area (Å²) in [5.74, 6) is 5.80. The fraction of sp³-hybridized carbons (Fsp3) is 0.824. The Morgan fingerprint density at radius 2 is 1.63 bits per heavy atom. The Balaban J connectivity index is 1.09. The van der Waals surface area contributed by atoms with Gasteiger partial charge in [-0.1, -0.05) is 83.7 Å². The molecular weight excluding hydrogens is 488 g/mol. The second-order valence-electron chi connectivity index (χ2n) is 14.6. The van der Waals surface area contributed by atoms with Crippen molar-refractivity contribution < 1.29 is 12.6 Å². The quantitative estimate of drug-likeness (QED) is 0.277. The zero-order valence-electron chi connectivity index (χ0n) is 24.7. The SMILES string of the molecule is CC(CCC[C@@H](C)[C@H]1CC[C@H]2[C@@H]3CCC4CCCC[C@]4(C)[C@H]3CC[C@]12C)COS(=O)(=O)Cc1ccccc1. The van der Waals surface area contributed by atoms with Gasteiger partial charge in [-0.15, -0.1) is 0 Å². The van der Waals surface area contributed by atoms with E-state index >= 15 is 0 Å². The molecule has 0 spiro atoms. The Hall–Kier alpha value is -0.870. The van der Waals surface area contributed by atoms with Gasteiger partial charge in [0.15, 0.2) is 0 Å². The third-order valence-corrected chi connectivity index (χ3v) is 13.6. The van der Waals surface area contributed by atoms with Gasteiger partial charge in [0.2, 0.25) is 0 Å². The predicted molar refractivity (Wildman–Crippen MR) is 157 cm³/mol. The van der Waals surface area contributed by atoms with E-state index in [1.54, 1.807) is 0 Å². The average molecular weight is 543 g/mol. The van der Waals surface area contributed by atoms with E-state index < -0.39 is 10.1 Å². The highest BCUT2D eigenvalue weighted by Gasteiger charge is 2.60. The monoisotopic (exact) mass is 542 g/mol. The molecule has 1 aromatic rings. The van der Waals surface area contributed by atoms with E-state index in [-0.39, 0.29) is 11.7 Å². The van der Waals surface area contributed by atoms with Crippen molar-refractivity contribution in [2.24, 2.45) is 52.3 Å². The van der Waals surface area contributed by atoms with Crippen molar-refractivity contribution >= 4 is 10.1 Å². The molecule has 0 bridgehead atoms. The van der Waals surface area contributed by atoms with Crippen molar-refractivity contribution in [2.45, 2.75) is 117 Å². The minimum atomic E-state index is -3.53. The normalized spacial score (nSPS) is 38.6. The molecule has 0 amide bonds. The van der Waals surface area contributed by atoms with Crippen LogP contribution in [0.25, 0.3) is 0 Å². The van der Waals surface area contributed by atoms with Crippen molar-refractivity contribution in [3.63, 3.8) is 0 Å². The van der Waals surface area contributed by atoms with E-state index in [0.29, 0.717) is 17.4 Å². The largest absolute Gasteiger partial charge is 0.271 e. The maximum Gasteiger partial charge on any atom is 0.271 e. The fourth-order valence-corrected chi connectivity index (χ4v) is 11.5. The highest BCUT2D eigenvalue weighted by molar-refractivity contribution is 7.85. The molecule has 0 aromatic heterocycles. The molecule has 1 aromatic carbocycles. The van der Waals surface area contributed by atoms with Crippen LogP contribution in [0.5, 0.6) is 0 Å². The standard InChI is InChI=1S/C34H54O3S/c1-25(23-37-38(35,36)24-27-13-6-5-7-14-27)11-10-12-26(2)30-18-19-31-29-17-16-28-15-8-9-21-33(28,3)32(29)20-22-34(30,31)4/h5-7,13-14,25-26,28-32H,8-12,15-24H2,1-4H3/t25?,26-,28?,29+,30-,31+,32+,33+,34-/m1/s1. The van der Waals surface area contributed by atoms with Gasteiger partial charge in [0.1, 0.15) is 5.75 Å². The molecule has 214 valence electrons. The lowest BCUT2D eigenvalue weighted by Gasteiger charge is -2.61. The molecule has 0 saturated heterocycles. The molecule has 4 aliphatic carbocycles. The maximum absolute atomic E-state index is 12.4. The summed E-state index contributed by atoms with van der Waals surface area (Å²) in [6.07, 6.45) is 18.3. The highest BCUT2D eigenvalue weighted by Crippen LogP contribution is 2.68. The van der Waals surface area contributed by atoms with Crippen LogP contribution in [0.4, 0.5) is 0 Å². The highest BCUT2D eigenvalue weighted by atomic mass is 32.2. The average Bonchev–Trinajstić information content (AvgIpc) is 3.25. The lowest BCUT2D eigenvalue weighted by molar-refractivity contribution is -0.114. The minimum absolute atomic E-state index is 0.0410. The van der Waals surface area contributed by atoms with Crippen LogP contribution in [0.1, 0.15) is 117 Å². The Kier molecular flexibility index (Phi) is 8.71. The molecule has 4 saturated carbocycles. The van der Waals surface area contributed by atoms with Crippen LogP contribution in [0.2, 0.25) is 0 Å². The van der Waals surface area contributed by atoms with E-state index in [2.05, 4.69) is 27.7 Å². The summed E-state index contributed by atoms with van der Waals surface area (Å²) in [6, 6.07) is 9.32. The molecule has 4 aliphatic rings. The molecule has 0 N–H and O–H groups in total. The molecular formula is C34H54O3S. The van der Waals surface area contributed by atoms with Crippen molar-refractivity contribution in [1.82, 2.24) is 0 Å². The lowest BCUT2D eigenvalue weighted by Crippen LogP contribution is -2.53. The number of rotatable bonds is 10. The van der Waals surface area contributed by atoms with E-state index in [9.17, 15) is 8.42 Å². The van der Waals surface area contributed by atoms with Gasteiger partial charge in [0.05, 0.1) is 6.61 Å². The first-order valence-corrected chi connectivity index (χ1v) is 17.6. The molecule has 9 atom stereocenters. The smallest absolute Gasteiger partial charge is 0.270 e. The van der Waals surface area contributed by atoms with Crippen molar-refractivity contribution in [3.8, 4) is 0 Å². The van der Waals surface area contributed by atoms with Crippen LogP contribution in [-0.2, 0) is 20.1 Å². The molecule has 4 heteroatoms. The molecule has 0 aliphatic heterocycles. The minimum Gasteiger partial charge on any atom is -0.270 e. The van der Waals surface area contributed by atoms with Gasteiger partial charge in [-0.25, -0.2) is 0 Å². The van der Waals surface area contributed by atoms with E-state index in [1.807, 2.05) is 30.3 Å². The van der Waals surface area contributed by atoms with Gasteiger partial charge in [-0.2, -0.15) is 8.42 Å². The Morgan fingerprint density at radius 3 is 2.42 bits per heavy atom. The summed E-state index contributed by atoms with van der Waals surface area (Å²) in [5.41, 5.74) is 1.96. The van der Waals surface area contributed by atoms with Crippen LogP contribution in [-0.4, -0.2) is 15.0 Å². The third kappa shape index (κ3) is 5.78. The third-order valence-electron chi connectivity index (χ3n) is 12.4. The maximum atomic E-state index is 12.4. The molecule has 2 unspecified atom stereocenters. The fourth-order valence-electron chi connectivity index (χ4n) is 10.4. The predicted octanol–water partition coefficient (Wildman–Crippen LogP) is 9.02. The van der Waals surface area contributed by atoms with Gasteiger partial charge in [-0.05, 0) is 116 Å². The number of fused-ring (bicyclic) bond motifs is 5. The first kappa shape index (κ1) is 28.7. The molecule has 38 heavy (non-hydrogen) atoms. The number of benzene rings is 1. The topological polar surface area (TPSA) is 43.4 Å². The first-order chi connectivity index (χ1) is 18.1. The first-order valence-electron chi connectivity index (χ1n) is 16.0. The zero-order valence-corrected chi connectivity index (χ0v) is 25.5. The second-order valence-corrected chi connectivity index (χ2v) is 16.3. The van der Waals surface area contributed by atoms with Crippen molar-refractivity contribution in [1.29, 1.82) is 0 Å². The molecule has 4 fully saturated rings. The van der Waals surface area contributed by atoms with Crippen LogP contribution in [0.15, 0.2) is 30.3 Å². The van der Waals surface area contributed by atoms with Crippen molar-refractivity contribution in [2.75, 3.05) is 6.61 Å². The Morgan fingerprint density at radius 1 is 0.868 bits per heavy atom. The van der Waals surface area contributed by atoms with Crippen LogP contribution in [0.3, 0.4) is 0 Å². The van der Waals surface area contributed by atoms with Crippen molar-refractivity contribution in [3.05, 3.63) is 35.9 Å². The van der Waals surface area contributed by atoms with Gasteiger partial charge >= 0.3 is 0 Å². The Bertz CT molecular complexity index is 1020. The summed E-state index contributed by atoms with van der Waals surface area (Å²) < 4.78 is 30.2. The molecule has 0 heterocycles. The van der Waals surface area contributed by atoms with Crippen LogP contribution < -0.4 is 0 Å². The summed E-state index contributed by atoms with van der Waals surface area (Å²) in [5, 5.41) is 0. The number of hydrogen-bond donors (Lipinski definition) is 0. The van der Waals surface area contributed by atoms with Crippen LogP contribution in [0, 0.1) is 52.3 Å². The molecule has 3 nitrogen and oxygen atoms in total. The zero-order chi connectivity index (χ0) is 27.0.